The van der Waals surface area contributed by atoms with E-state index in [1.807, 2.05) is 0 Å². The molecule has 1 heterocycles. The summed E-state index contributed by atoms with van der Waals surface area (Å²) in [6.45, 7) is 3.76. The first kappa shape index (κ1) is 13.7. The van der Waals surface area contributed by atoms with Gasteiger partial charge in [0.2, 0.25) is 0 Å². The van der Waals surface area contributed by atoms with Gasteiger partial charge < -0.3 is 10.5 Å². The minimum Gasteiger partial charge on any atom is -0.462 e. The van der Waals surface area contributed by atoms with Crippen LogP contribution in [-0.4, -0.2) is 33.5 Å². The van der Waals surface area contributed by atoms with Gasteiger partial charge >= 0.3 is 5.97 Å². The van der Waals surface area contributed by atoms with Crippen molar-refractivity contribution in [3.05, 3.63) is 41.2 Å². The fourth-order valence-electron chi connectivity index (χ4n) is 1.76. The van der Waals surface area contributed by atoms with Crippen molar-refractivity contribution < 1.29 is 14.3 Å². The Morgan fingerprint density at radius 1 is 1.30 bits per heavy atom. The molecule has 0 bridgehead atoms. The van der Waals surface area contributed by atoms with E-state index in [1.165, 1.54) is 4.68 Å². The largest absolute Gasteiger partial charge is 0.462 e. The van der Waals surface area contributed by atoms with Crippen LogP contribution >= 0.6 is 0 Å². The Labute approximate surface area is 115 Å². The van der Waals surface area contributed by atoms with E-state index >= 15 is 0 Å². The number of hydrogen-bond acceptors (Lipinski definition) is 5. The Bertz CT molecular complexity index is 646. The predicted molar refractivity (Wildman–Crippen MR) is 70.6 cm³/mol. The van der Waals surface area contributed by atoms with Crippen molar-refractivity contribution in [2.75, 3.05) is 6.61 Å². The van der Waals surface area contributed by atoms with E-state index in [1.54, 1.807) is 38.1 Å². The third kappa shape index (κ3) is 2.51. The fourth-order valence-corrected chi connectivity index (χ4v) is 1.76. The van der Waals surface area contributed by atoms with Crippen molar-refractivity contribution in [2.45, 2.75) is 13.8 Å². The molecule has 0 saturated carbocycles. The van der Waals surface area contributed by atoms with Crippen LogP contribution in [0.3, 0.4) is 0 Å². The van der Waals surface area contributed by atoms with Crippen LogP contribution in [-0.2, 0) is 4.74 Å². The standard InChI is InChI=1S/C13H14N4O3/c1-3-20-13(19)9-4-6-10(7-5-9)17-8(2)11(12(14)18)15-16-17/h4-7H,3H2,1-2H3,(H2,14,18). The summed E-state index contributed by atoms with van der Waals surface area (Å²) in [6, 6.07) is 6.63. The van der Waals surface area contributed by atoms with Crippen LogP contribution < -0.4 is 5.73 Å². The Kier molecular flexibility index (Phi) is 3.79. The van der Waals surface area contributed by atoms with Gasteiger partial charge in [0.1, 0.15) is 0 Å². The zero-order valence-electron chi connectivity index (χ0n) is 11.2. The maximum absolute atomic E-state index is 11.5. The summed E-state index contributed by atoms with van der Waals surface area (Å²) in [7, 11) is 0. The highest BCUT2D eigenvalue weighted by Crippen LogP contribution is 2.13. The van der Waals surface area contributed by atoms with Gasteiger partial charge in [-0.2, -0.15) is 0 Å². The van der Waals surface area contributed by atoms with Crippen molar-refractivity contribution in [1.29, 1.82) is 0 Å². The van der Waals surface area contributed by atoms with Crippen molar-refractivity contribution >= 4 is 11.9 Å². The summed E-state index contributed by atoms with van der Waals surface area (Å²) >= 11 is 0. The van der Waals surface area contributed by atoms with E-state index in [2.05, 4.69) is 10.3 Å². The third-order valence-electron chi connectivity index (χ3n) is 2.75. The Morgan fingerprint density at radius 3 is 2.45 bits per heavy atom. The zero-order valence-corrected chi connectivity index (χ0v) is 11.2. The second kappa shape index (κ2) is 5.52. The summed E-state index contributed by atoms with van der Waals surface area (Å²) in [5, 5.41) is 7.59. The molecule has 0 aliphatic rings. The van der Waals surface area contributed by atoms with Crippen LogP contribution in [0.1, 0.15) is 33.5 Å². The number of amides is 1. The number of benzene rings is 1. The number of nitrogens with zero attached hydrogens (tertiary/aromatic N) is 3. The zero-order chi connectivity index (χ0) is 14.7. The maximum atomic E-state index is 11.5. The molecule has 7 heteroatoms. The lowest BCUT2D eigenvalue weighted by Crippen LogP contribution is -2.13. The molecule has 0 atom stereocenters. The Balaban J connectivity index is 2.31. The molecule has 0 spiro atoms. The van der Waals surface area contributed by atoms with E-state index in [9.17, 15) is 9.59 Å². The van der Waals surface area contributed by atoms with Gasteiger partial charge in [-0.25, -0.2) is 9.48 Å². The molecule has 0 unspecified atom stereocenters. The van der Waals surface area contributed by atoms with E-state index in [0.717, 1.165) is 0 Å². The van der Waals surface area contributed by atoms with Crippen molar-refractivity contribution in [3.8, 4) is 5.69 Å². The molecule has 0 saturated heterocycles. The van der Waals surface area contributed by atoms with Gasteiger partial charge in [-0.3, -0.25) is 4.79 Å². The summed E-state index contributed by atoms with van der Waals surface area (Å²) in [5.41, 5.74) is 6.98. The van der Waals surface area contributed by atoms with Gasteiger partial charge in [-0.05, 0) is 38.1 Å². The lowest BCUT2D eigenvalue weighted by Gasteiger charge is -2.05. The molecule has 1 aromatic carbocycles. The molecule has 2 aromatic rings. The number of primary amides is 1. The van der Waals surface area contributed by atoms with Crippen LogP contribution in [0.2, 0.25) is 0 Å². The molecule has 104 valence electrons. The van der Waals surface area contributed by atoms with E-state index < -0.39 is 5.91 Å². The van der Waals surface area contributed by atoms with Crippen LogP contribution in [0.5, 0.6) is 0 Å². The number of hydrogen-bond donors (Lipinski definition) is 1. The number of ether oxygens (including phenoxy) is 1. The number of carbonyl (C=O) groups excluding carboxylic acids is 2. The molecular formula is C13H14N4O3. The quantitative estimate of drug-likeness (QED) is 0.833. The minimum atomic E-state index is -0.628. The molecule has 2 N–H and O–H groups in total. The average molecular weight is 274 g/mol. The highest BCUT2D eigenvalue weighted by atomic mass is 16.5. The SMILES string of the molecule is CCOC(=O)c1ccc(-n2nnc(C(N)=O)c2C)cc1. The maximum Gasteiger partial charge on any atom is 0.338 e. The van der Waals surface area contributed by atoms with Crippen molar-refractivity contribution in [1.82, 2.24) is 15.0 Å². The monoisotopic (exact) mass is 274 g/mol. The van der Waals surface area contributed by atoms with Crippen LogP contribution in [0.25, 0.3) is 5.69 Å². The number of nitrogens with two attached hydrogens (primary N) is 1. The molecule has 2 rings (SSSR count). The summed E-state index contributed by atoms with van der Waals surface area (Å²) in [6.07, 6.45) is 0. The molecule has 0 fully saturated rings. The average Bonchev–Trinajstić information content (AvgIpc) is 2.81. The van der Waals surface area contributed by atoms with Crippen molar-refractivity contribution in [2.24, 2.45) is 5.73 Å². The van der Waals surface area contributed by atoms with E-state index in [-0.39, 0.29) is 11.7 Å². The number of esters is 1. The van der Waals surface area contributed by atoms with E-state index in [4.69, 9.17) is 10.5 Å². The number of carbonyl (C=O) groups is 2. The lowest BCUT2D eigenvalue weighted by molar-refractivity contribution is 0.0526. The van der Waals surface area contributed by atoms with Gasteiger partial charge in [0.15, 0.2) is 5.69 Å². The first-order chi connectivity index (χ1) is 9.54. The predicted octanol–water partition coefficient (Wildman–Crippen LogP) is 0.851. The molecule has 7 nitrogen and oxygen atoms in total. The Morgan fingerprint density at radius 2 is 1.95 bits per heavy atom. The minimum absolute atomic E-state index is 0.125. The normalized spacial score (nSPS) is 10.3. The van der Waals surface area contributed by atoms with Crippen LogP contribution in [0.15, 0.2) is 24.3 Å². The highest BCUT2D eigenvalue weighted by molar-refractivity contribution is 5.92. The highest BCUT2D eigenvalue weighted by Gasteiger charge is 2.14. The van der Waals surface area contributed by atoms with Gasteiger partial charge in [-0.15, -0.1) is 5.10 Å². The molecule has 1 aromatic heterocycles. The van der Waals surface area contributed by atoms with Crippen LogP contribution in [0.4, 0.5) is 0 Å². The lowest BCUT2D eigenvalue weighted by atomic mass is 10.2. The molecule has 0 aliphatic heterocycles. The van der Waals surface area contributed by atoms with Gasteiger partial charge in [0.05, 0.1) is 23.6 Å². The van der Waals surface area contributed by atoms with Crippen LogP contribution in [0, 0.1) is 6.92 Å². The number of rotatable bonds is 4. The Hall–Kier alpha value is -2.70. The summed E-state index contributed by atoms with van der Waals surface area (Å²) in [5.74, 6) is -1.01. The first-order valence-corrected chi connectivity index (χ1v) is 6.04. The topological polar surface area (TPSA) is 100 Å². The summed E-state index contributed by atoms with van der Waals surface area (Å²) < 4.78 is 6.38. The van der Waals surface area contributed by atoms with Gasteiger partial charge in [0.25, 0.3) is 5.91 Å². The molecular weight excluding hydrogens is 260 g/mol. The number of aromatic nitrogens is 3. The van der Waals surface area contributed by atoms with Gasteiger partial charge in [0, 0.05) is 0 Å². The molecule has 20 heavy (non-hydrogen) atoms. The second-order valence-corrected chi connectivity index (χ2v) is 4.07. The molecule has 0 radical (unpaired) electrons. The smallest absolute Gasteiger partial charge is 0.338 e. The third-order valence-corrected chi connectivity index (χ3v) is 2.75. The summed E-state index contributed by atoms with van der Waals surface area (Å²) in [4.78, 5) is 22.7. The van der Waals surface area contributed by atoms with E-state index in [0.29, 0.717) is 23.6 Å². The van der Waals surface area contributed by atoms with Gasteiger partial charge in [-0.1, -0.05) is 5.21 Å². The molecule has 1 amide bonds. The fraction of sp³-hybridized carbons (Fsp3) is 0.231. The van der Waals surface area contributed by atoms with Crippen molar-refractivity contribution in [3.63, 3.8) is 0 Å². The second-order valence-electron chi connectivity index (χ2n) is 4.07. The molecule has 0 aliphatic carbocycles. The first-order valence-electron chi connectivity index (χ1n) is 6.04.